The van der Waals surface area contributed by atoms with E-state index in [1.165, 1.54) is 12.0 Å². The molecule has 1 fully saturated rings. The molecule has 2 N–H and O–H groups in total. The van der Waals surface area contributed by atoms with Crippen LogP contribution in [0.1, 0.15) is 15.9 Å². The fourth-order valence-corrected chi connectivity index (χ4v) is 3.30. The number of carbonyl (C=O) groups excluding carboxylic acids is 2. The third-order valence-electron chi connectivity index (χ3n) is 4.61. The second-order valence-electron chi connectivity index (χ2n) is 6.71. The molecule has 2 aromatic rings. The van der Waals surface area contributed by atoms with Crippen LogP contribution in [-0.4, -0.2) is 51.9 Å². The SMILES string of the molecule is COc1ccc(NC(=O)COC(=O)c2ccc(C[NH+]3CCOCC3)cc2)cc1Cl. The molecule has 0 atom stereocenters. The summed E-state index contributed by atoms with van der Waals surface area (Å²) in [5.74, 6) is -0.486. The predicted molar refractivity (Wildman–Crippen MR) is 109 cm³/mol. The molecule has 3 rings (SSSR count). The van der Waals surface area contributed by atoms with E-state index < -0.39 is 11.9 Å². The third-order valence-corrected chi connectivity index (χ3v) is 4.91. The van der Waals surface area contributed by atoms with Crippen molar-refractivity contribution in [1.82, 2.24) is 0 Å². The van der Waals surface area contributed by atoms with E-state index in [4.69, 9.17) is 25.8 Å². The van der Waals surface area contributed by atoms with Crippen LogP contribution in [0.15, 0.2) is 42.5 Å². The van der Waals surface area contributed by atoms with Crippen molar-refractivity contribution in [3.05, 3.63) is 58.6 Å². The lowest BCUT2D eigenvalue weighted by Gasteiger charge is -2.23. The highest BCUT2D eigenvalue weighted by molar-refractivity contribution is 6.32. The van der Waals surface area contributed by atoms with Crippen LogP contribution >= 0.6 is 11.6 Å². The van der Waals surface area contributed by atoms with Gasteiger partial charge in [0.05, 0.1) is 30.9 Å². The first kappa shape index (κ1) is 21.1. The molecule has 2 aromatic carbocycles. The van der Waals surface area contributed by atoms with E-state index in [2.05, 4.69) is 5.32 Å². The van der Waals surface area contributed by atoms with Gasteiger partial charge in [0, 0.05) is 11.3 Å². The van der Waals surface area contributed by atoms with Gasteiger partial charge in [0.1, 0.15) is 25.4 Å². The number of rotatable bonds is 7. The molecule has 1 aliphatic heterocycles. The van der Waals surface area contributed by atoms with Gasteiger partial charge in [0.2, 0.25) is 0 Å². The highest BCUT2D eigenvalue weighted by atomic mass is 35.5. The van der Waals surface area contributed by atoms with Gasteiger partial charge in [-0.25, -0.2) is 4.79 Å². The van der Waals surface area contributed by atoms with Crippen LogP contribution in [0.2, 0.25) is 5.02 Å². The average Bonchev–Trinajstić information content (AvgIpc) is 2.73. The maximum Gasteiger partial charge on any atom is 0.338 e. The number of ether oxygens (including phenoxy) is 3. The van der Waals surface area contributed by atoms with Gasteiger partial charge >= 0.3 is 5.97 Å². The Labute approximate surface area is 174 Å². The van der Waals surface area contributed by atoms with Gasteiger partial charge in [-0.15, -0.1) is 0 Å². The molecule has 0 unspecified atom stereocenters. The molecular formula is C21H24ClN2O5+. The number of morpholine rings is 1. The minimum Gasteiger partial charge on any atom is -0.495 e. The maximum absolute atomic E-state index is 12.2. The molecular weight excluding hydrogens is 396 g/mol. The van der Waals surface area contributed by atoms with Crippen molar-refractivity contribution in [2.75, 3.05) is 45.3 Å². The first-order chi connectivity index (χ1) is 14.0. The van der Waals surface area contributed by atoms with E-state index in [1.54, 1.807) is 30.3 Å². The number of quaternary nitrogens is 1. The van der Waals surface area contributed by atoms with Gasteiger partial charge in [-0.2, -0.15) is 0 Å². The second kappa shape index (κ2) is 10.2. The summed E-state index contributed by atoms with van der Waals surface area (Å²) in [7, 11) is 1.51. The van der Waals surface area contributed by atoms with Crippen LogP contribution in [0, 0.1) is 0 Å². The van der Waals surface area contributed by atoms with Crippen molar-refractivity contribution in [3.63, 3.8) is 0 Å². The van der Waals surface area contributed by atoms with Gasteiger partial charge in [-0.1, -0.05) is 23.7 Å². The van der Waals surface area contributed by atoms with Crippen LogP contribution in [0.4, 0.5) is 5.69 Å². The summed E-state index contributed by atoms with van der Waals surface area (Å²) >= 11 is 6.03. The summed E-state index contributed by atoms with van der Waals surface area (Å²) in [4.78, 5) is 25.7. The van der Waals surface area contributed by atoms with Crippen LogP contribution < -0.4 is 15.0 Å². The number of methoxy groups -OCH3 is 1. The Morgan fingerprint density at radius 3 is 2.52 bits per heavy atom. The highest BCUT2D eigenvalue weighted by Crippen LogP contribution is 2.27. The van der Waals surface area contributed by atoms with Crippen molar-refractivity contribution in [3.8, 4) is 5.75 Å². The number of amides is 1. The number of benzene rings is 2. The number of anilines is 1. The minimum absolute atomic E-state index is 0.376. The average molecular weight is 420 g/mol. The second-order valence-corrected chi connectivity index (χ2v) is 7.12. The van der Waals surface area contributed by atoms with Crippen LogP contribution in [-0.2, 0) is 20.8 Å². The van der Waals surface area contributed by atoms with Crippen molar-refractivity contribution in [1.29, 1.82) is 0 Å². The fraction of sp³-hybridized carbons (Fsp3) is 0.333. The number of halogens is 1. The molecule has 0 saturated carbocycles. The zero-order valence-electron chi connectivity index (χ0n) is 16.2. The molecule has 8 heteroatoms. The van der Waals surface area contributed by atoms with Gasteiger partial charge in [-0.05, 0) is 30.3 Å². The molecule has 29 heavy (non-hydrogen) atoms. The Morgan fingerprint density at radius 1 is 1.14 bits per heavy atom. The quantitative estimate of drug-likeness (QED) is 0.666. The Balaban J connectivity index is 1.47. The lowest BCUT2D eigenvalue weighted by molar-refractivity contribution is -0.921. The number of esters is 1. The van der Waals surface area contributed by atoms with E-state index in [9.17, 15) is 9.59 Å². The molecule has 1 amide bonds. The zero-order chi connectivity index (χ0) is 20.6. The summed E-state index contributed by atoms with van der Waals surface area (Å²) in [5.41, 5.74) is 2.05. The van der Waals surface area contributed by atoms with Crippen molar-refractivity contribution in [2.24, 2.45) is 0 Å². The van der Waals surface area contributed by atoms with Gasteiger partial charge in [0.15, 0.2) is 6.61 Å². The number of hydrogen-bond donors (Lipinski definition) is 2. The lowest BCUT2D eigenvalue weighted by Crippen LogP contribution is -3.12. The minimum atomic E-state index is -0.543. The monoisotopic (exact) mass is 419 g/mol. The molecule has 1 aliphatic rings. The smallest absolute Gasteiger partial charge is 0.338 e. The zero-order valence-corrected chi connectivity index (χ0v) is 17.0. The summed E-state index contributed by atoms with van der Waals surface area (Å²) in [6, 6.07) is 12.1. The number of nitrogens with one attached hydrogen (secondary N) is 2. The van der Waals surface area contributed by atoms with E-state index in [1.807, 2.05) is 12.1 Å². The summed E-state index contributed by atoms with van der Waals surface area (Å²) in [5, 5.41) is 3.00. The van der Waals surface area contributed by atoms with Crippen LogP contribution in [0.3, 0.4) is 0 Å². The van der Waals surface area contributed by atoms with E-state index in [-0.39, 0.29) is 6.61 Å². The van der Waals surface area contributed by atoms with Gasteiger partial charge < -0.3 is 24.4 Å². The fourth-order valence-electron chi connectivity index (χ4n) is 3.04. The highest BCUT2D eigenvalue weighted by Gasteiger charge is 2.15. The molecule has 1 heterocycles. The largest absolute Gasteiger partial charge is 0.495 e. The standard InChI is InChI=1S/C21H23ClN2O5/c1-27-19-7-6-17(12-18(19)22)23-20(25)14-29-21(26)16-4-2-15(3-5-16)13-24-8-10-28-11-9-24/h2-7,12H,8-11,13-14H2,1H3,(H,23,25)/p+1. The Hall–Kier alpha value is -2.61. The molecule has 154 valence electrons. The molecule has 0 spiro atoms. The topological polar surface area (TPSA) is 78.3 Å². The molecule has 0 aromatic heterocycles. The Kier molecular flexibility index (Phi) is 7.46. The summed E-state index contributed by atoms with van der Waals surface area (Å²) < 4.78 is 15.5. The molecule has 1 saturated heterocycles. The maximum atomic E-state index is 12.2. The molecule has 0 aliphatic carbocycles. The predicted octanol–water partition coefficient (Wildman–Crippen LogP) is 1.56. The van der Waals surface area contributed by atoms with Crippen molar-refractivity contribution < 1.29 is 28.7 Å². The van der Waals surface area contributed by atoms with Crippen LogP contribution in [0.25, 0.3) is 0 Å². The summed E-state index contributed by atoms with van der Waals surface area (Å²) in [6.45, 7) is 4.04. The van der Waals surface area contributed by atoms with Crippen molar-refractivity contribution >= 4 is 29.2 Å². The Bertz CT molecular complexity index is 851. The van der Waals surface area contributed by atoms with Crippen LogP contribution in [0.5, 0.6) is 5.75 Å². The van der Waals surface area contributed by atoms with E-state index in [0.29, 0.717) is 22.0 Å². The first-order valence-corrected chi connectivity index (χ1v) is 9.73. The normalized spacial score (nSPS) is 14.3. The third kappa shape index (κ3) is 6.19. The van der Waals surface area contributed by atoms with Gasteiger partial charge in [-0.3, -0.25) is 4.79 Å². The molecule has 7 nitrogen and oxygen atoms in total. The van der Waals surface area contributed by atoms with E-state index >= 15 is 0 Å². The lowest BCUT2D eigenvalue weighted by atomic mass is 10.1. The van der Waals surface area contributed by atoms with Crippen molar-refractivity contribution in [2.45, 2.75) is 6.54 Å². The molecule has 0 bridgehead atoms. The number of hydrogen-bond acceptors (Lipinski definition) is 5. The first-order valence-electron chi connectivity index (χ1n) is 9.36. The summed E-state index contributed by atoms with van der Waals surface area (Å²) in [6.07, 6.45) is 0. The Morgan fingerprint density at radius 2 is 1.86 bits per heavy atom. The number of carbonyl (C=O) groups is 2. The van der Waals surface area contributed by atoms with Gasteiger partial charge in [0.25, 0.3) is 5.91 Å². The van der Waals surface area contributed by atoms with E-state index in [0.717, 1.165) is 38.4 Å². The molecule has 0 radical (unpaired) electrons.